The first-order valence-corrected chi connectivity index (χ1v) is 10.8. The molecule has 1 atom stereocenters. The molecular formula is C21H23NOSSi. The lowest BCUT2D eigenvalue weighted by atomic mass is 10.3. The molecule has 3 rings (SSSR count). The highest BCUT2D eigenvalue weighted by molar-refractivity contribution is 7.80. The van der Waals surface area contributed by atoms with Crippen LogP contribution in [-0.4, -0.2) is 32.9 Å². The molecule has 128 valence electrons. The zero-order chi connectivity index (χ0) is 17.7. The highest BCUT2D eigenvalue weighted by Crippen LogP contribution is 2.15. The van der Waals surface area contributed by atoms with Gasteiger partial charge >= 0.3 is 0 Å². The molecule has 25 heavy (non-hydrogen) atoms. The average molecular weight is 366 g/mol. The van der Waals surface area contributed by atoms with Crippen LogP contribution in [0, 0.1) is 0 Å². The highest BCUT2D eigenvalue weighted by atomic mass is 32.1. The Morgan fingerprint density at radius 2 is 1.00 bits per heavy atom. The molecule has 0 spiro atoms. The van der Waals surface area contributed by atoms with E-state index in [0.29, 0.717) is 0 Å². The molecule has 0 bridgehead atoms. The molecule has 3 aromatic carbocycles. The fourth-order valence-corrected chi connectivity index (χ4v) is 7.38. The Bertz CT molecular complexity index is 684. The highest BCUT2D eigenvalue weighted by Gasteiger charge is 2.43. The van der Waals surface area contributed by atoms with Gasteiger partial charge in [0.25, 0.3) is 8.32 Å². The van der Waals surface area contributed by atoms with Gasteiger partial charge in [0.05, 0.1) is 0 Å². The van der Waals surface area contributed by atoms with Crippen LogP contribution in [0.4, 0.5) is 0 Å². The minimum absolute atomic E-state index is 0.299. The Morgan fingerprint density at radius 3 is 1.28 bits per heavy atom. The summed E-state index contributed by atoms with van der Waals surface area (Å²) in [6.07, 6.45) is 0. The Labute approximate surface area is 156 Å². The van der Waals surface area contributed by atoms with E-state index in [-0.39, 0.29) is 5.56 Å². The molecule has 0 aliphatic carbocycles. The smallest absolute Gasteiger partial charge is 0.290 e. The Balaban J connectivity index is 2.27. The van der Waals surface area contributed by atoms with Crippen molar-refractivity contribution >= 4 is 36.5 Å². The largest absolute Gasteiger partial charge is 0.380 e. The number of thiol groups is 1. The Kier molecular flexibility index (Phi) is 5.76. The van der Waals surface area contributed by atoms with Crippen LogP contribution >= 0.6 is 12.6 Å². The van der Waals surface area contributed by atoms with E-state index in [2.05, 4.69) is 72.8 Å². The van der Waals surface area contributed by atoms with Crippen LogP contribution < -0.4 is 15.6 Å². The second-order valence-corrected chi connectivity index (χ2v) is 9.96. The van der Waals surface area contributed by atoms with Crippen molar-refractivity contribution in [3.8, 4) is 0 Å². The topological polar surface area (TPSA) is 12.5 Å². The summed E-state index contributed by atoms with van der Waals surface area (Å²) in [6.45, 7) is 0. The van der Waals surface area contributed by atoms with Crippen LogP contribution in [0.25, 0.3) is 0 Å². The molecule has 0 fully saturated rings. The predicted molar refractivity (Wildman–Crippen MR) is 112 cm³/mol. The van der Waals surface area contributed by atoms with Gasteiger partial charge in [-0.05, 0) is 29.7 Å². The van der Waals surface area contributed by atoms with Crippen molar-refractivity contribution in [3.63, 3.8) is 0 Å². The van der Waals surface area contributed by atoms with Crippen LogP contribution in [0.15, 0.2) is 91.0 Å². The van der Waals surface area contributed by atoms with Gasteiger partial charge < -0.3 is 4.43 Å². The summed E-state index contributed by atoms with van der Waals surface area (Å²) in [6, 6.07) is 31.6. The van der Waals surface area contributed by atoms with Gasteiger partial charge in [-0.3, -0.25) is 4.90 Å². The molecule has 0 radical (unpaired) electrons. The van der Waals surface area contributed by atoms with Crippen LogP contribution in [0.5, 0.6) is 0 Å². The minimum atomic E-state index is -2.67. The van der Waals surface area contributed by atoms with Crippen molar-refractivity contribution in [2.45, 2.75) is 5.56 Å². The second kappa shape index (κ2) is 8.02. The van der Waals surface area contributed by atoms with Crippen LogP contribution in [0.1, 0.15) is 0 Å². The summed E-state index contributed by atoms with van der Waals surface area (Å²) in [5.41, 5.74) is -0.299. The lowest BCUT2D eigenvalue weighted by Gasteiger charge is -2.37. The summed E-state index contributed by atoms with van der Waals surface area (Å²) in [4.78, 5) is 1.99. The van der Waals surface area contributed by atoms with Gasteiger partial charge in [0, 0.05) is 0 Å². The summed E-state index contributed by atoms with van der Waals surface area (Å²) in [7, 11) is 1.30. The van der Waals surface area contributed by atoms with Crippen LogP contribution in [-0.2, 0) is 4.43 Å². The molecule has 0 heterocycles. The third-order valence-corrected chi connectivity index (χ3v) is 9.05. The van der Waals surface area contributed by atoms with Crippen molar-refractivity contribution in [3.05, 3.63) is 91.0 Å². The maximum absolute atomic E-state index is 6.79. The summed E-state index contributed by atoms with van der Waals surface area (Å²) < 4.78 is 6.79. The quantitative estimate of drug-likeness (QED) is 0.312. The number of hydrogen-bond donors (Lipinski definition) is 1. The van der Waals surface area contributed by atoms with Gasteiger partial charge in [-0.2, -0.15) is 0 Å². The zero-order valence-electron chi connectivity index (χ0n) is 14.5. The molecule has 0 unspecified atom stereocenters. The molecule has 0 amide bonds. The summed E-state index contributed by atoms with van der Waals surface area (Å²) >= 11 is 4.71. The third-order valence-electron chi connectivity index (χ3n) is 4.26. The van der Waals surface area contributed by atoms with E-state index in [9.17, 15) is 0 Å². The molecule has 0 aliphatic rings. The zero-order valence-corrected chi connectivity index (χ0v) is 16.4. The Hall–Kier alpha value is -1.85. The maximum Gasteiger partial charge on any atom is 0.290 e. The molecule has 3 aromatic rings. The van der Waals surface area contributed by atoms with Gasteiger partial charge in [-0.25, -0.2) is 0 Å². The van der Waals surface area contributed by atoms with Gasteiger partial charge in [0.1, 0.15) is 5.56 Å². The maximum atomic E-state index is 6.79. The van der Waals surface area contributed by atoms with E-state index in [1.807, 2.05) is 37.2 Å². The first kappa shape index (κ1) is 18.0. The van der Waals surface area contributed by atoms with E-state index in [4.69, 9.17) is 17.1 Å². The van der Waals surface area contributed by atoms with Gasteiger partial charge in [0.15, 0.2) is 0 Å². The number of rotatable bonds is 6. The van der Waals surface area contributed by atoms with Crippen molar-refractivity contribution in [1.29, 1.82) is 0 Å². The van der Waals surface area contributed by atoms with Crippen molar-refractivity contribution in [2.24, 2.45) is 0 Å². The Morgan fingerprint density at radius 1 is 0.680 bits per heavy atom. The van der Waals surface area contributed by atoms with Gasteiger partial charge in [-0.1, -0.05) is 91.0 Å². The molecule has 4 heteroatoms. The van der Waals surface area contributed by atoms with Crippen molar-refractivity contribution < 1.29 is 4.43 Å². The third kappa shape index (κ3) is 3.72. The standard InChI is InChI=1S/C21H23NOSSi/c1-22(2)21(24)23-25(18-12-6-3-7-13-18,19-14-8-4-9-15-19)20-16-10-5-11-17-20/h3-17,21,24H,1-2H3/t21-/m0/s1. The van der Waals surface area contributed by atoms with Gasteiger partial charge in [-0.15, -0.1) is 12.6 Å². The van der Waals surface area contributed by atoms with Crippen molar-refractivity contribution in [2.75, 3.05) is 14.1 Å². The molecule has 0 aliphatic heterocycles. The van der Waals surface area contributed by atoms with E-state index < -0.39 is 8.32 Å². The lowest BCUT2D eigenvalue weighted by Crippen LogP contribution is -2.70. The molecule has 0 saturated carbocycles. The van der Waals surface area contributed by atoms with Crippen molar-refractivity contribution in [1.82, 2.24) is 4.90 Å². The number of nitrogens with zero attached hydrogens (tertiary/aromatic N) is 1. The average Bonchev–Trinajstić information content (AvgIpc) is 2.68. The van der Waals surface area contributed by atoms with E-state index >= 15 is 0 Å². The second-order valence-electron chi connectivity index (χ2n) is 6.19. The molecule has 0 aromatic heterocycles. The molecule has 0 saturated heterocycles. The fourth-order valence-electron chi connectivity index (χ4n) is 2.99. The fraction of sp³-hybridized carbons (Fsp3) is 0.143. The lowest BCUT2D eigenvalue weighted by molar-refractivity contribution is 0.146. The van der Waals surface area contributed by atoms with E-state index in [1.54, 1.807) is 0 Å². The predicted octanol–water partition coefficient (Wildman–Crippen LogP) is 2.45. The summed E-state index contributed by atoms with van der Waals surface area (Å²) in [5.74, 6) is 0. The normalized spacial score (nSPS) is 13.0. The summed E-state index contributed by atoms with van der Waals surface area (Å²) in [5, 5.41) is 3.65. The first-order valence-electron chi connectivity index (χ1n) is 8.33. The van der Waals surface area contributed by atoms with Gasteiger partial charge in [0.2, 0.25) is 0 Å². The molecule has 0 N–H and O–H groups in total. The van der Waals surface area contributed by atoms with Crippen LogP contribution in [0.3, 0.4) is 0 Å². The van der Waals surface area contributed by atoms with E-state index in [1.165, 1.54) is 15.6 Å². The van der Waals surface area contributed by atoms with E-state index in [0.717, 1.165) is 0 Å². The number of hydrogen-bond acceptors (Lipinski definition) is 3. The monoisotopic (exact) mass is 365 g/mol. The van der Waals surface area contributed by atoms with Crippen LogP contribution in [0.2, 0.25) is 0 Å². The first-order chi connectivity index (χ1) is 12.1. The molecular weight excluding hydrogens is 342 g/mol. The minimum Gasteiger partial charge on any atom is -0.380 e. The SMILES string of the molecule is CN(C)[C@H](S)O[Si](c1ccccc1)(c1ccccc1)c1ccccc1. The molecule has 2 nitrogen and oxygen atoms in total. The number of benzene rings is 3.